The molecule has 5 rings (SSSR count). The van der Waals surface area contributed by atoms with Crippen LogP contribution in [0.25, 0.3) is 0 Å². The van der Waals surface area contributed by atoms with E-state index in [1.807, 2.05) is 12.1 Å². The molecule has 6 heteroatoms. The zero-order valence-electron chi connectivity index (χ0n) is 15.1. The van der Waals surface area contributed by atoms with E-state index >= 15 is 0 Å². The van der Waals surface area contributed by atoms with E-state index in [0.29, 0.717) is 6.04 Å². The van der Waals surface area contributed by atoms with Crippen LogP contribution in [0.15, 0.2) is 30.5 Å². The summed E-state index contributed by atoms with van der Waals surface area (Å²) in [5.74, 6) is -0.161. The molecule has 138 valence electrons. The molecule has 0 radical (unpaired) electrons. The van der Waals surface area contributed by atoms with E-state index in [-0.39, 0.29) is 5.82 Å². The molecule has 0 saturated carbocycles. The van der Waals surface area contributed by atoms with Gasteiger partial charge in [0.1, 0.15) is 5.82 Å². The monoisotopic (exact) mass is 355 g/mol. The number of aryl methyl sites for hydroxylation is 1. The molecular formula is C20H26FN5. The summed E-state index contributed by atoms with van der Waals surface area (Å²) in [5.41, 5.74) is 4.03. The van der Waals surface area contributed by atoms with Crippen molar-refractivity contribution in [1.82, 2.24) is 19.6 Å². The molecule has 0 amide bonds. The van der Waals surface area contributed by atoms with Gasteiger partial charge in [-0.1, -0.05) is 0 Å². The first-order valence-corrected chi connectivity index (χ1v) is 9.77. The number of benzene rings is 1. The van der Waals surface area contributed by atoms with Crippen LogP contribution in [-0.4, -0.2) is 64.9 Å². The largest absolute Gasteiger partial charge is 0.369 e. The second kappa shape index (κ2) is 6.67. The van der Waals surface area contributed by atoms with Crippen LogP contribution >= 0.6 is 0 Å². The van der Waals surface area contributed by atoms with Crippen molar-refractivity contribution in [2.45, 2.75) is 32.0 Å². The van der Waals surface area contributed by atoms with Gasteiger partial charge in [0.15, 0.2) is 0 Å². The topological polar surface area (TPSA) is 27.5 Å². The van der Waals surface area contributed by atoms with E-state index < -0.39 is 0 Å². The minimum Gasteiger partial charge on any atom is -0.369 e. The van der Waals surface area contributed by atoms with Crippen LogP contribution in [0, 0.1) is 5.82 Å². The Kier molecular flexibility index (Phi) is 4.17. The van der Waals surface area contributed by atoms with Gasteiger partial charge in [-0.2, -0.15) is 5.10 Å². The maximum atomic E-state index is 13.1. The van der Waals surface area contributed by atoms with Gasteiger partial charge in [0, 0.05) is 75.3 Å². The lowest BCUT2D eigenvalue weighted by molar-refractivity contribution is 0.0255. The number of nitrogens with zero attached hydrogens (tertiary/aromatic N) is 5. The van der Waals surface area contributed by atoms with Gasteiger partial charge >= 0.3 is 0 Å². The number of fused-ring (bicyclic) bond motifs is 1. The highest BCUT2D eigenvalue weighted by Crippen LogP contribution is 2.25. The average Bonchev–Trinajstić information content (AvgIpc) is 3.23. The normalized spacial score (nSPS) is 21.8. The summed E-state index contributed by atoms with van der Waals surface area (Å²) >= 11 is 0. The Morgan fingerprint density at radius 3 is 2.54 bits per heavy atom. The van der Waals surface area contributed by atoms with Crippen LogP contribution in [0.5, 0.6) is 0 Å². The second-order valence-corrected chi connectivity index (χ2v) is 7.79. The average molecular weight is 355 g/mol. The molecule has 26 heavy (non-hydrogen) atoms. The molecule has 5 nitrogen and oxygen atoms in total. The second-order valence-electron chi connectivity index (χ2n) is 7.79. The maximum absolute atomic E-state index is 13.1. The summed E-state index contributed by atoms with van der Waals surface area (Å²) < 4.78 is 15.3. The number of hydrogen-bond acceptors (Lipinski definition) is 4. The summed E-state index contributed by atoms with van der Waals surface area (Å²) in [6, 6.07) is 7.58. The molecule has 0 bridgehead atoms. The SMILES string of the molecule is Fc1ccc(N2CCN(C3CN(Cc4cnn5c4CCC5)C3)CC2)cc1. The fraction of sp³-hybridized carbons (Fsp3) is 0.550. The quantitative estimate of drug-likeness (QED) is 0.838. The third-order valence-corrected chi connectivity index (χ3v) is 6.17. The molecule has 0 spiro atoms. The highest BCUT2D eigenvalue weighted by atomic mass is 19.1. The lowest BCUT2D eigenvalue weighted by Crippen LogP contribution is -2.62. The Balaban J connectivity index is 1.10. The van der Waals surface area contributed by atoms with Gasteiger partial charge in [-0.15, -0.1) is 0 Å². The van der Waals surface area contributed by atoms with Crippen LogP contribution in [0.2, 0.25) is 0 Å². The third kappa shape index (κ3) is 3.01. The van der Waals surface area contributed by atoms with E-state index in [4.69, 9.17) is 0 Å². The van der Waals surface area contributed by atoms with Gasteiger partial charge in [0.25, 0.3) is 0 Å². The summed E-state index contributed by atoms with van der Waals surface area (Å²) in [4.78, 5) is 7.54. The number of hydrogen-bond donors (Lipinski definition) is 0. The Hall–Kier alpha value is -1.92. The molecule has 0 aliphatic carbocycles. The molecule has 2 aromatic rings. The van der Waals surface area contributed by atoms with Crippen molar-refractivity contribution in [3.8, 4) is 0 Å². The standard InChI is InChI=1S/C20H26FN5/c21-17-3-5-18(6-4-17)24-8-10-25(11-9-24)19-14-23(15-19)13-16-12-22-26-7-1-2-20(16)26/h3-6,12,19H,1-2,7-11,13-15H2. The zero-order chi connectivity index (χ0) is 17.5. The van der Waals surface area contributed by atoms with Crippen molar-refractivity contribution in [3.05, 3.63) is 47.5 Å². The maximum Gasteiger partial charge on any atom is 0.123 e. The number of piperazine rings is 1. The Labute approximate surface area is 154 Å². The highest BCUT2D eigenvalue weighted by molar-refractivity contribution is 5.46. The number of anilines is 1. The smallest absolute Gasteiger partial charge is 0.123 e. The van der Waals surface area contributed by atoms with Crippen LogP contribution in [-0.2, 0) is 19.5 Å². The van der Waals surface area contributed by atoms with E-state index in [2.05, 4.69) is 30.7 Å². The first-order chi connectivity index (χ1) is 12.8. The van der Waals surface area contributed by atoms with E-state index in [1.165, 1.54) is 37.2 Å². The summed E-state index contributed by atoms with van der Waals surface area (Å²) in [7, 11) is 0. The molecule has 2 saturated heterocycles. The summed E-state index contributed by atoms with van der Waals surface area (Å²) in [6.45, 7) is 8.73. The van der Waals surface area contributed by atoms with Crippen LogP contribution in [0.1, 0.15) is 17.7 Å². The van der Waals surface area contributed by atoms with Gasteiger partial charge in [0.05, 0.1) is 6.20 Å². The fourth-order valence-electron chi connectivity index (χ4n) is 4.60. The van der Waals surface area contributed by atoms with Crippen LogP contribution in [0.4, 0.5) is 10.1 Å². The molecule has 1 aromatic heterocycles. The lowest BCUT2D eigenvalue weighted by Gasteiger charge is -2.48. The molecular weight excluding hydrogens is 329 g/mol. The summed E-state index contributed by atoms with van der Waals surface area (Å²) in [5, 5.41) is 4.51. The number of likely N-dealkylation sites (tertiary alicyclic amines) is 1. The van der Waals surface area contributed by atoms with Crippen molar-refractivity contribution < 1.29 is 4.39 Å². The van der Waals surface area contributed by atoms with E-state index in [1.54, 1.807) is 12.1 Å². The van der Waals surface area contributed by atoms with Gasteiger partial charge in [-0.25, -0.2) is 4.39 Å². The minimum atomic E-state index is -0.161. The van der Waals surface area contributed by atoms with Crippen LogP contribution in [0.3, 0.4) is 0 Å². The fourth-order valence-corrected chi connectivity index (χ4v) is 4.60. The molecule has 0 N–H and O–H groups in total. The van der Waals surface area contributed by atoms with Gasteiger partial charge in [-0.05, 0) is 37.1 Å². The predicted octanol–water partition coefficient (Wildman–Crippen LogP) is 1.97. The summed E-state index contributed by atoms with van der Waals surface area (Å²) in [6.07, 6.45) is 4.51. The zero-order valence-corrected chi connectivity index (χ0v) is 15.1. The molecule has 4 heterocycles. The Bertz CT molecular complexity index is 757. The number of halogens is 1. The minimum absolute atomic E-state index is 0.161. The third-order valence-electron chi connectivity index (χ3n) is 6.17. The van der Waals surface area contributed by atoms with Crippen molar-refractivity contribution in [2.75, 3.05) is 44.2 Å². The van der Waals surface area contributed by atoms with Crippen molar-refractivity contribution in [2.24, 2.45) is 0 Å². The van der Waals surface area contributed by atoms with Crippen molar-refractivity contribution in [1.29, 1.82) is 0 Å². The lowest BCUT2D eigenvalue weighted by atomic mass is 10.0. The predicted molar refractivity (Wildman–Crippen MR) is 99.8 cm³/mol. The van der Waals surface area contributed by atoms with Crippen LogP contribution < -0.4 is 4.90 Å². The molecule has 1 aromatic carbocycles. The Morgan fingerprint density at radius 1 is 1.00 bits per heavy atom. The molecule has 3 aliphatic heterocycles. The van der Waals surface area contributed by atoms with E-state index in [9.17, 15) is 4.39 Å². The molecule has 3 aliphatic rings. The van der Waals surface area contributed by atoms with Gasteiger partial charge in [-0.3, -0.25) is 14.5 Å². The molecule has 2 fully saturated rings. The van der Waals surface area contributed by atoms with Crippen molar-refractivity contribution in [3.63, 3.8) is 0 Å². The van der Waals surface area contributed by atoms with Gasteiger partial charge in [0.2, 0.25) is 0 Å². The first kappa shape index (κ1) is 16.3. The molecule has 0 unspecified atom stereocenters. The van der Waals surface area contributed by atoms with Crippen molar-refractivity contribution >= 4 is 5.69 Å². The molecule has 0 atom stereocenters. The Morgan fingerprint density at radius 2 is 1.77 bits per heavy atom. The highest BCUT2D eigenvalue weighted by Gasteiger charge is 2.34. The first-order valence-electron chi connectivity index (χ1n) is 9.77. The number of aromatic nitrogens is 2. The van der Waals surface area contributed by atoms with E-state index in [0.717, 1.165) is 45.0 Å². The van der Waals surface area contributed by atoms with Gasteiger partial charge < -0.3 is 4.90 Å². The number of rotatable bonds is 4.